The number of carboxylic acids is 1. The summed E-state index contributed by atoms with van der Waals surface area (Å²) in [6, 6.07) is 7.79. The van der Waals surface area contributed by atoms with Crippen LogP contribution in [-0.2, 0) is 30.1 Å². The molecule has 10 heteroatoms. The van der Waals surface area contributed by atoms with Gasteiger partial charge >= 0.3 is 5.97 Å². The normalized spacial score (nSPS) is 28.1. The summed E-state index contributed by atoms with van der Waals surface area (Å²) in [7, 11) is -2.66. The number of likely N-dealkylation sites (tertiary alicyclic amines) is 1. The lowest BCUT2D eigenvalue weighted by molar-refractivity contribution is -0.152. The van der Waals surface area contributed by atoms with Crippen LogP contribution in [-0.4, -0.2) is 66.9 Å². The Labute approximate surface area is 163 Å². The first kappa shape index (κ1) is 20.7. The van der Waals surface area contributed by atoms with Crippen LogP contribution in [0.5, 0.6) is 0 Å². The zero-order chi connectivity index (χ0) is 20.5. The van der Waals surface area contributed by atoms with Gasteiger partial charge < -0.3 is 19.8 Å². The molecule has 1 heterocycles. The summed E-state index contributed by atoms with van der Waals surface area (Å²) in [6.07, 6.45) is -0.236. The first-order valence-electron chi connectivity index (χ1n) is 9.00. The molecule has 1 aliphatic heterocycles. The molecule has 2 fully saturated rings. The van der Waals surface area contributed by atoms with E-state index in [1.807, 2.05) is 0 Å². The number of nitrogens with zero attached hydrogens (tertiary/aromatic N) is 1. The minimum atomic E-state index is -3.97. The van der Waals surface area contributed by atoms with Gasteiger partial charge in [-0.1, -0.05) is 30.3 Å². The van der Waals surface area contributed by atoms with Crippen molar-refractivity contribution in [3.63, 3.8) is 0 Å². The lowest BCUT2D eigenvalue weighted by atomic mass is 10.1. The highest BCUT2D eigenvalue weighted by molar-refractivity contribution is 7.88. The summed E-state index contributed by atoms with van der Waals surface area (Å²) in [5.74, 6) is -3.38. The van der Waals surface area contributed by atoms with E-state index < -0.39 is 45.7 Å². The van der Waals surface area contributed by atoms with Crippen LogP contribution in [0.4, 0.5) is 0 Å². The zero-order valence-corrected chi connectivity index (χ0v) is 16.3. The van der Waals surface area contributed by atoms with Gasteiger partial charge in [-0.3, -0.25) is 9.59 Å². The highest BCUT2D eigenvalue weighted by atomic mass is 32.2. The number of methoxy groups -OCH3 is 1. The molecular weight excluding hydrogens is 388 g/mol. The minimum absolute atomic E-state index is 0.124. The lowest BCUT2D eigenvalue weighted by Crippen LogP contribution is -2.56. The van der Waals surface area contributed by atoms with Crippen molar-refractivity contribution in [2.75, 3.05) is 13.7 Å². The molecule has 28 heavy (non-hydrogen) atoms. The number of nitrogens with one attached hydrogen (secondary N) is 1. The van der Waals surface area contributed by atoms with Gasteiger partial charge in [0.2, 0.25) is 15.9 Å². The standard InChI is InChI=1S/C18H24N2O7S/c1-27-16(23)14-8-5-9-20(14)17(24)18(10-13(18)15(21)22)19-28(25,26)11-12-6-3-2-4-7-12/h2-4,6-7,13-14,16,19,23H,5,8-11H2,1H3,(H,21,22)/t13?,14-,16?,18-/m0/s1. The summed E-state index contributed by atoms with van der Waals surface area (Å²) in [4.78, 5) is 26.0. The van der Waals surface area contributed by atoms with Crippen LogP contribution in [0.2, 0.25) is 0 Å². The molecule has 3 rings (SSSR count). The molecule has 1 aliphatic carbocycles. The molecule has 2 unspecified atom stereocenters. The Hall–Kier alpha value is -2.01. The number of aliphatic hydroxyl groups excluding tert-OH is 1. The first-order chi connectivity index (χ1) is 13.2. The number of sulfonamides is 1. The fourth-order valence-electron chi connectivity index (χ4n) is 3.82. The third-order valence-corrected chi connectivity index (χ3v) is 6.70. The number of hydrogen-bond donors (Lipinski definition) is 3. The number of rotatable bonds is 8. The van der Waals surface area contributed by atoms with Crippen LogP contribution >= 0.6 is 0 Å². The van der Waals surface area contributed by atoms with Gasteiger partial charge in [0.05, 0.1) is 17.7 Å². The van der Waals surface area contributed by atoms with Crippen molar-refractivity contribution in [2.45, 2.75) is 42.9 Å². The van der Waals surface area contributed by atoms with Crippen molar-refractivity contribution in [1.29, 1.82) is 0 Å². The molecule has 1 aromatic rings. The maximum absolute atomic E-state index is 13.2. The maximum atomic E-state index is 13.2. The van der Waals surface area contributed by atoms with Crippen molar-refractivity contribution < 1.29 is 33.0 Å². The van der Waals surface area contributed by atoms with Gasteiger partial charge in [-0.2, -0.15) is 4.72 Å². The number of carboxylic acid groups (broad SMARTS) is 1. The van der Waals surface area contributed by atoms with E-state index in [9.17, 15) is 28.2 Å². The SMILES string of the molecule is COC(O)[C@@H]1CCCN1C(=O)[C@]1(NS(=O)(=O)Cc2ccccc2)CC1C(=O)O. The Morgan fingerprint density at radius 2 is 2.04 bits per heavy atom. The van der Waals surface area contributed by atoms with Crippen molar-refractivity contribution in [3.8, 4) is 0 Å². The Morgan fingerprint density at radius 1 is 1.36 bits per heavy atom. The van der Waals surface area contributed by atoms with Crippen molar-refractivity contribution in [2.24, 2.45) is 5.92 Å². The summed E-state index contributed by atoms with van der Waals surface area (Å²) in [5.41, 5.74) is -1.20. The number of hydrogen-bond acceptors (Lipinski definition) is 6. The topological polar surface area (TPSA) is 133 Å². The van der Waals surface area contributed by atoms with E-state index in [1.54, 1.807) is 30.3 Å². The maximum Gasteiger partial charge on any atom is 0.309 e. The van der Waals surface area contributed by atoms with Gasteiger partial charge in [-0.05, 0) is 24.8 Å². The summed E-state index contributed by atoms with van der Waals surface area (Å²) < 4.78 is 32.6. The second-order valence-corrected chi connectivity index (χ2v) is 8.97. The number of ether oxygens (including phenoxy) is 1. The predicted octanol–water partition coefficient (Wildman–Crippen LogP) is -0.0949. The predicted molar refractivity (Wildman–Crippen MR) is 98.4 cm³/mol. The van der Waals surface area contributed by atoms with E-state index in [-0.39, 0.29) is 12.2 Å². The highest BCUT2D eigenvalue weighted by Crippen LogP contribution is 2.47. The van der Waals surface area contributed by atoms with Crippen LogP contribution in [0.25, 0.3) is 0 Å². The molecule has 2 aliphatic rings. The average Bonchev–Trinajstić information content (AvgIpc) is 3.16. The van der Waals surface area contributed by atoms with Gasteiger partial charge in [0.1, 0.15) is 5.54 Å². The molecule has 9 nitrogen and oxygen atoms in total. The molecule has 1 saturated carbocycles. The molecule has 1 saturated heterocycles. The van der Waals surface area contributed by atoms with Gasteiger partial charge in [-0.15, -0.1) is 0 Å². The Kier molecular flexibility index (Phi) is 5.76. The summed E-state index contributed by atoms with van der Waals surface area (Å²) in [6.45, 7) is 0.304. The van der Waals surface area contributed by atoms with Crippen molar-refractivity contribution in [3.05, 3.63) is 35.9 Å². The van der Waals surface area contributed by atoms with Gasteiger partial charge in [0.25, 0.3) is 0 Å². The zero-order valence-electron chi connectivity index (χ0n) is 15.4. The third kappa shape index (κ3) is 4.04. The molecule has 0 radical (unpaired) electrons. The molecule has 0 aromatic heterocycles. The average molecular weight is 412 g/mol. The lowest BCUT2D eigenvalue weighted by Gasteiger charge is -2.31. The van der Waals surface area contributed by atoms with Gasteiger partial charge in [-0.25, -0.2) is 8.42 Å². The first-order valence-corrected chi connectivity index (χ1v) is 10.7. The smallest absolute Gasteiger partial charge is 0.309 e. The van der Waals surface area contributed by atoms with E-state index in [4.69, 9.17) is 4.74 Å². The van der Waals surface area contributed by atoms with Crippen LogP contribution in [0.15, 0.2) is 30.3 Å². The summed E-state index contributed by atoms with van der Waals surface area (Å²) in [5, 5.41) is 19.4. The Balaban J connectivity index is 1.83. The van der Waals surface area contributed by atoms with E-state index in [2.05, 4.69) is 4.72 Å². The fourth-order valence-corrected chi connectivity index (χ4v) is 5.39. The molecule has 0 bridgehead atoms. The number of amides is 1. The quantitative estimate of drug-likeness (QED) is 0.508. The van der Waals surface area contributed by atoms with Gasteiger partial charge in [0, 0.05) is 13.7 Å². The molecular formula is C18H24N2O7S. The van der Waals surface area contributed by atoms with Crippen molar-refractivity contribution in [1.82, 2.24) is 9.62 Å². The highest BCUT2D eigenvalue weighted by Gasteiger charge is 2.67. The van der Waals surface area contributed by atoms with Crippen molar-refractivity contribution >= 4 is 21.9 Å². The third-order valence-electron chi connectivity index (χ3n) is 5.31. The Morgan fingerprint density at radius 3 is 2.61 bits per heavy atom. The van der Waals surface area contributed by atoms with Crippen LogP contribution in [0, 0.1) is 5.92 Å². The number of carbonyl (C=O) groups excluding carboxylic acids is 1. The molecule has 1 aromatic carbocycles. The van der Waals surface area contributed by atoms with Crippen LogP contribution < -0.4 is 4.72 Å². The number of carbonyl (C=O) groups is 2. The van der Waals surface area contributed by atoms with E-state index >= 15 is 0 Å². The molecule has 3 N–H and O–H groups in total. The summed E-state index contributed by atoms with van der Waals surface area (Å²) >= 11 is 0. The van der Waals surface area contributed by atoms with Crippen LogP contribution in [0.3, 0.4) is 0 Å². The largest absolute Gasteiger partial charge is 0.481 e. The number of benzene rings is 1. The van der Waals surface area contributed by atoms with Gasteiger partial charge in [0.15, 0.2) is 6.29 Å². The van der Waals surface area contributed by atoms with E-state index in [1.165, 1.54) is 12.0 Å². The van der Waals surface area contributed by atoms with Crippen LogP contribution in [0.1, 0.15) is 24.8 Å². The second kappa shape index (κ2) is 7.78. The monoisotopic (exact) mass is 412 g/mol. The minimum Gasteiger partial charge on any atom is -0.481 e. The molecule has 154 valence electrons. The van der Waals surface area contributed by atoms with E-state index in [0.29, 0.717) is 24.9 Å². The van der Waals surface area contributed by atoms with E-state index in [0.717, 1.165) is 0 Å². The number of aliphatic carboxylic acids is 1. The second-order valence-electron chi connectivity index (χ2n) is 7.25. The molecule has 0 spiro atoms. The number of aliphatic hydroxyl groups is 1. The fraction of sp³-hybridized carbons (Fsp3) is 0.556. The Bertz CT molecular complexity index is 845. The molecule has 1 amide bonds. The molecule has 4 atom stereocenters.